The van der Waals surface area contributed by atoms with Gasteiger partial charge in [-0.3, -0.25) is 4.79 Å². The minimum atomic E-state index is -0.268. The van der Waals surface area contributed by atoms with Gasteiger partial charge in [0.1, 0.15) is 6.04 Å². The molecule has 2 aliphatic heterocycles. The Labute approximate surface area is 179 Å². The molecular weight excluding hydrogens is 426 g/mol. The average molecular weight is 448 g/mol. The van der Waals surface area contributed by atoms with E-state index in [9.17, 15) is 4.79 Å². The highest BCUT2D eigenvalue weighted by Crippen LogP contribution is 2.48. The molecule has 3 aromatic rings. The first-order chi connectivity index (χ1) is 14.1. The van der Waals surface area contributed by atoms with Crippen molar-refractivity contribution in [3.8, 4) is 0 Å². The van der Waals surface area contributed by atoms with Crippen molar-refractivity contribution < 1.29 is 4.79 Å². The molecule has 4 atom stereocenters. The molecule has 146 valence electrons. The maximum atomic E-state index is 13.5. The summed E-state index contributed by atoms with van der Waals surface area (Å²) in [5.74, 6) is 0.187. The molecule has 4 unspecified atom stereocenters. The molecule has 5 rings (SSSR count). The van der Waals surface area contributed by atoms with Gasteiger partial charge in [0.15, 0.2) is 0 Å². The Hall–Kier alpha value is -2.47. The van der Waals surface area contributed by atoms with Crippen LogP contribution in [0.2, 0.25) is 0 Å². The first-order valence-electron chi connectivity index (χ1n) is 9.85. The van der Waals surface area contributed by atoms with Gasteiger partial charge in [-0.2, -0.15) is 0 Å². The second-order valence-corrected chi connectivity index (χ2v) is 8.69. The molecule has 2 heterocycles. The Kier molecular flexibility index (Phi) is 4.74. The molecule has 29 heavy (non-hydrogen) atoms. The van der Waals surface area contributed by atoms with Crippen LogP contribution < -0.4 is 15.8 Å². The summed E-state index contributed by atoms with van der Waals surface area (Å²) >= 11 is 3.52. The molecule has 2 N–H and O–H groups in total. The average Bonchev–Trinajstić information content (AvgIpc) is 3.29. The number of amides is 1. The molecule has 0 saturated carbocycles. The monoisotopic (exact) mass is 447 g/mol. The van der Waals surface area contributed by atoms with Crippen molar-refractivity contribution in [1.29, 1.82) is 0 Å². The fraction of sp³-hybridized carbons (Fsp3) is 0.208. The number of anilines is 1. The van der Waals surface area contributed by atoms with Crippen LogP contribution in [-0.2, 0) is 4.79 Å². The van der Waals surface area contributed by atoms with Crippen molar-refractivity contribution in [2.24, 2.45) is 5.92 Å². The van der Waals surface area contributed by atoms with Crippen molar-refractivity contribution in [1.82, 2.24) is 10.9 Å². The number of rotatable bonds is 3. The number of nitrogens with one attached hydrogen (secondary N) is 2. The second kappa shape index (κ2) is 7.41. The van der Waals surface area contributed by atoms with Gasteiger partial charge in [0, 0.05) is 16.1 Å². The fourth-order valence-electron chi connectivity index (χ4n) is 4.60. The van der Waals surface area contributed by atoms with Gasteiger partial charge in [-0.05, 0) is 42.3 Å². The molecular formula is C24H22BrN3O. The Morgan fingerprint density at radius 3 is 2.14 bits per heavy atom. The molecule has 4 nitrogen and oxygen atoms in total. The molecule has 1 amide bonds. The van der Waals surface area contributed by atoms with Crippen molar-refractivity contribution in [3.63, 3.8) is 0 Å². The number of aryl methyl sites for hydroxylation is 1. The van der Waals surface area contributed by atoms with E-state index in [1.165, 1.54) is 11.1 Å². The summed E-state index contributed by atoms with van der Waals surface area (Å²) in [7, 11) is 0. The first kappa shape index (κ1) is 18.6. The smallest absolute Gasteiger partial charge is 0.246 e. The van der Waals surface area contributed by atoms with Crippen LogP contribution >= 0.6 is 15.9 Å². The van der Waals surface area contributed by atoms with E-state index >= 15 is 0 Å². The predicted octanol–water partition coefficient (Wildman–Crippen LogP) is 4.68. The van der Waals surface area contributed by atoms with E-state index in [0.29, 0.717) is 0 Å². The molecule has 2 fully saturated rings. The van der Waals surface area contributed by atoms with E-state index in [4.69, 9.17) is 0 Å². The summed E-state index contributed by atoms with van der Waals surface area (Å²) < 4.78 is 1.05. The van der Waals surface area contributed by atoms with Crippen molar-refractivity contribution in [3.05, 3.63) is 100 Å². The zero-order valence-corrected chi connectivity index (χ0v) is 17.6. The van der Waals surface area contributed by atoms with Crippen LogP contribution in [0, 0.1) is 12.8 Å². The van der Waals surface area contributed by atoms with Crippen molar-refractivity contribution in [2.45, 2.75) is 25.0 Å². The standard InChI is InChI=1S/C24H22BrN3O/c1-15-7-13-19(14-8-15)28-23(17-5-3-2-4-6-17)20-21(26-27-22(20)24(28)29)16-9-11-18(25)12-10-16/h2-14,20-23,26-27H,1H3. The SMILES string of the molecule is Cc1ccc(N2C(=O)C3NNC(c4ccc(Br)cc4)C3C2c2ccccc2)cc1. The van der Waals surface area contributed by atoms with Crippen molar-refractivity contribution in [2.75, 3.05) is 4.90 Å². The van der Waals surface area contributed by atoms with Crippen LogP contribution in [0.25, 0.3) is 0 Å². The zero-order valence-electron chi connectivity index (χ0n) is 16.0. The van der Waals surface area contributed by atoms with Gasteiger partial charge in [0.05, 0.1) is 12.1 Å². The van der Waals surface area contributed by atoms with E-state index in [0.717, 1.165) is 15.7 Å². The zero-order chi connectivity index (χ0) is 20.0. The molecule has 2 aliphatic rings. The lowest BCUT2D eigenvalue weighted by Gasteiger charge is -2.31. The molecule has 3 aromatic carbocycles. The van der Waals surface area contributed by atoms with Gasteiger partial charge in [0.25, 0.3) is 0 Å². The van der Waals surface area contributed by atoms with E-state index in [2.05, 4.69) is 82.2 Å². The number of fused-ring (bicyclic) bond motifs is 1. The van der Waals surface area contributed by atoms with E-state index in [-0.39, 0.29) is 30.0 Å². The Balaban J connectivity index is 1.61. The molecule has 2 saturated heterocycles. The van der Waals surface area contributed by atoms with Crippen LogP contribution in [-0.4, -0.2) is 11.9 Å². The fourth-order valence-corrected chi connectivity index (χ4v) is 4.87. The van der Waals surface area contributed by atoms with Gasteiger partial charge < -0.3 is 4.90 Å². The summed E-state index contributed by atoms with van der Waals surface area (Å²) in [6, 6.07) is 26.6. The molecule has 0 aliphatic carbocycles. The quantitative estimate of drug-likeness (QED) is 0.612. The summed E-state index contributed by atoms with van der Waals surface area (Å²) in [6.45, 7) is 2.06. The number of hydrogen-bond donors (Lipinski definition) is 2. The van der Waals surface area contributed by atoms with Gasteiger partial charge >= 0.3 is 0 Å². The largest absolute Gasteiger partial charge is 0.303 e. The van der Waals surface area contributed by atoms with Crippen LogP contribution in [0.5, 0.6) is 0 Å². The summed E-state index contributed by atoms with van der Waals surface area (Å²) in [6.07, 6.45) is 0. The maximum absolute atomic E-state index is 13.5. The van der Waals surface area contributed by atoms with Crippen LogP contribution in [0.4, 0.5) is 5.69 Å². The molecule has 0 radical (unpaired) electrons. The third-order valence-corrected chi connectivity index (χ3v) is 6.52. The number of nitrogens with zero attached hydrogens (tertiary/aromatic N) is 1. The number of hydrazine groups is 1. The highest BCUT2D eigenvalue weighted by molar-refractivity contribution is 9.10. The third kappa shape index (κ3) is 3.19. The number of carbonyl (C=O) groups excluding carboxylic acids is 1. The second-order valence-electron chi connectivity index (χ2n) is 7.77. The minimum absolute atomic E-state index is 0.0395. The maximum Gasteiger partial charge on any atom is 0.246 e. The number of benzene rings is 3. The highest BCUT2D eigenvalue weighted by atomic mass is 79.9. The van der Waals surface area contributed by atoms with Gasteiger partial charge in [-0.15, -0.1) is 0 Å². The topological polar surface area (TPSA) is 44.4 Å². The van der Waals surface area contributed by atoms with Crippen LogP contribution in [0.15, 0.2) is 83.3 Å². The Bertz CT molecular complexity index is 1020. The lowest BCUT2D eigenvalue weighted by atomic mass is 9.83. The van der Waals surface area contributed by atoms with Gasteiger partial charge in [0.2, 0.25) is 5.91 Å². The molecule has 0 spiro atoms. The van der Waals surface area contributed by atoms with E-state index in [1.807, 2.05) is 35.2 Å². The number of hydrogen-bond acceptors (Lipinski definition) is 3. The molecule has 0 bridgehead atoms. The Morgan fingerprint density at radius 1 is 0.793 bits per heavy atom. The normalized spacial score (nSPS) is 26.0. The third-order valence-electron chi connectivity index (χ3n) is 5.99. The van der Waals surface area contributed by atoms with Crippen LogP contribution in [0.1, 0.15) is 28.8 Å². The molecule has 5 heteroatoms. The predicted molar refractivity (Wildman–Crippen MR) is 118 cm³/mol. The van der Waals surface area contributed by atoms with E-state index in [1.54, 1.807) is 0 Å². The van der Waals surface area contributed by atoms with E-state index < -0.39 is 0 Å². The Morgan fingerprint density at radius 2 is 1.45 bits per heavy atom. The first-order valence-corrected chi connectivity index (χ1v) is 10.6. The van der Waals surface area contributed by atoms with Crippen molar-refractivity contribution >= 4 is 27.5 Å². The minimum Gasteiger partial charge on any atom is -0.303 e. The van der Waals surface area contributed by atoms with Gasteiger partial charge in [-0.25, -0.2) is 10.9 Å². The molecule has 0 aromatic heterocycles. The summed E-state index contributed by atoms with van der Waals surface area (Å²) in [5, 5.41) is 0. The summed E-state index contributed by atoms with van der Waals surface area (Å²) in [5.41, 5.74) is 11.1. The van der Waals surface area contributed by atoms with Gasteiger partial charge in [-0.1, -0.05) is 76.1 Å². The lowest BCUT2D eigenvalue weighted by Crippen LogP contribution is -2.41. The summed E-state index contributed by atoms with van der Waals surface area (Å²) in [4.78, 5) is 15.5. The number of carbonyl (C=O) groups is 1. The van der Waals surface area contributed by atoms with Crippen LogP contribution in [0.3, 0.4) is 0 Å². The highest BCUT2D eigenvalue weighted by Gasteiger charge is 2.55. The number of halogens is 1. The lowest BCUT2D eigenvalue weighted by molar-refractivity contribution is -0.119.